The predicted molar refractivity (Wildman–Crippen MR) is 200 cm³/mol. The Morgan fingerprint density at radius 2 is 1.38 bits per heavy atom. The normalized spacial score (nSPS) is 12.9. The molecule has 264 valence electrons. The van der Waals surface area contributed by atoms with Gasteiger partial charge in [-0.05, 0) is 60.4 Å². The highest BCUT2D eigenvalue weighted by atomic mass is 32.2. The van der Waals surface area contributed by atoms with Gasteiger partial charge in [0.05, 0.1) is 30.4 Å². The number of rotatable bonds is 11. The molecule has 1 fully saturated rings. The van der Waals surface area contributed by atoms with Gasteiger partial charge in [0.25, 0.3) is 15.9 Å². The van der Waals surface area contributed by atoms with Gasteiger partial charge in [0, 0.05) is 48.9 Å². The van der Waals surface area contributed by atoms with Gasteiger partial charge in [-0.2, -0.15) is 0 Å². The van der Waals surface area contributed by atoms with Gasteiger partial charge in [-0.3, -0.25) is 4.79 Å². The molecule has 11 heteroatoms. The Kier molecular flexibility index (Phi) is 9.78. The lowest BCUT2D eigenvalue weighted by Crippen LogP contribution is -2.27. The third-order valence-corrected chi connectivity index (χ3v) is 11.0. The Bertz CT molecular complexity index is 2300. The Labute approximate surface area is 302 Å². The van der Waals surface area contributed by atoms with Crippen LogP contribution in [0.3, 0.4) is 0 Å². The van der Waals surface area contributed by atoms with Crippen molar-refractivity contribution in [1.29, 1.82) is 0 Å². The quantitative estimate of drug-likeness (QED) is 0.130. The van der Waals surface area contributed by atoms with Crippen molar-refractivity contribution in [3.05, 3.63) is 144 Å². The zero-order chi connectivity index (χ0) is 36.2. The van der Waals surface area contributed by atoms with E-state index in [1.807, 2.05) is 65.6 Å². The van der Waals surface area contributed by atoms with Crippen molar-refractivity contribution in [2.75, 3.05) is 32.2 Å². The third-order valence-electron chi connectivity index (χ3n) is 9.31. The molecule has 6 aromatic rings. The first kappa shape index (κ1) is 34.5. The van der Waals surface area contributed by atoms with E-state index >= 15 is 0 Å². The molecule has 0 unspecified atom stereocenters. The van der Waals surface area contributed by atoms with E-state index in [0.717, 1.165) is 24.0 Å². The van der Waals surface area contributed by atoms with Crippen LogP contribution in [0.15, 0.2) is 126 Å². The molecule has 0 N–H and O–H groups in total. The van der Waals surface area contributed by atoms with E-state index in [1.54, 1.807) is 47.4 Å². The van der Waals surface area contributed by atoms with E-state index in [2.05, 4.69) is 0 Å². The van der Waals surface area contributed by atoms with Crippen LogP contribution in [0.1, 0.15) is 44.7 Å². The monoisotopic (exact) mass is 714 g/mol. The number of fused-ring (bicyclic) bond motifs is 1. The largest absolute Gasteiger partial charge is 0.496 e. The molecule has 0 spiro atoms. The average molecular weight is 715 g/mol. The summed E-state index contributed by atoms with van der Waals surface area (Å²) in [7, 11) is -1.59. The zero-order valence-corrected chi connectivity index (χ0v) is 29.8. The highest BCUT2D eigenvalue weighted by Crippen LogP contribution is 2.42. The molecule has 0 aliphatic carbocycles. The van der Waals surface area contributed by atoms with Crippen LogP contribution in [0.4, 0.5) is 5.82 Å². The number of aromatic nitrogens is 2. The van der Waals surface area contributed by atoms with Gasteiger partial charge in [0.1, 0.15) is 11.3 Å². The van der Waals surface area contributed by atoms with Gasteiger partial charge in [0.2, 0.25) is 0 Å². The third kappa shape index (κ3) is 6.62. The zero-order valence-electron chi connectivity index (χ0n) is 28.9. The molecule has 1 aliphatic rings. The van der Waals surface area contributed by atoms with E-state index in [-0.39, 0.29) is 27.6 Å². The maximum atomic E-state index is 15.0. The SMILES string of the molecule is COC(=O)c1cnc(N(Cc2ccccc2)Cc2ccccc2)c2c1cc(-c1ccc(C(=O)N3CCCC3)cc1OC)n2S(=O)(=O)c1ccccc1. The van der Waals surface area contributed by atoms with E-state index in [4.69, 9.17) is 14.5 Å². The standard InChI is InChI=1S/C41H38N4O6S/c1-50-37-24-31(40(46)43-22-12-13-23-43)20-21-33(37)36-25-34-35(41(47)51-2)26-42-39(38(34)45(36)52(48,49)32-18-10-5-11-19-32)44(27-29-14-6-3-7-15-29)28-30-16-8-4-9-17-30/h3-11,14-21,24-26H,12-13,22-23,27-28H2,1-2H3. The minimum absolute atomic E-state index is 0.0423. The summed E-state index contributed by atoms with van der Waals surface area (Å²) in [6.45, 7) is 2.14. The van der Waals surface area contributed by atoms with Gasteiger partial charge in [0.15, 0.2) is 5.82 Å². The highest BCUT2D eigenvalue weighted by molar-refractivity contribution is 7.90. The number of ether oxygens (including phenoxy) is 2. The van der Waals surface area contributed by atoms with Crippen molar-refractivity contribution in [1.82, 2.24) is 13.9 Å². The predicted octanol–water partition coefficient (Wildman–Crippen LogP) is 7.18. The van der Waals surface area contributed by atoms with Crippen LogP contribution >= 0.6 is 0 Å². The topological polar surface area (TPSA) is 111 Å². The summed E-state index contributed by atoms with van der Waals surface area (Å²) in [6, 6.07) is 34.5. The van der Waals surface area contributed by atoms with Gasteiger partial charge in [-0.25, -0.2) is 22.2 Å². The van der Waals surface area contributed by atoms with Crippen LogP contribution in [0, 0.1) is 0 Å². The molecule has 7 rings (SSSR count). The van der Waals surface area contributed by atoms with Gasteiger partial charge in [-0.15, -0.1) is 0 Å². The first-order valence-corrected chi connectivity index (χ1v) is 18.5. The van der Waals surface area contributed by atoms with Crippen molar-refractivity contribution >= 4 is 38.6 Å². The van der Waals surface area contributed by atoms with Crippen molar-refractivity contribution < 1.29 is 27.5 Å². The number of carbonyl (C=O) groups excluding carboxylic acids is 2. The molecule has 0 radical (unpaired) electrons. The van der Waals surface area contributed by atoms with Crippen LogP contribution in [0.25, 0.3) is 22.2 Å². The summed E-state index contributed by atoms with van der Waals surface area (Å²) < 4.78 is 42.3. The number of pyridine rings is 1. The molecule has 1 amide bonds. The summed E-state index contributed by atoms with van der Waals surface area (Å²) in [6.07, 6.45) is 3.33. The van der Waals surface area contributed by atoms with Crippen molar-refractivity contribution in [2.24, 2.45) is 0 Å². The summed E-state index contributed by atoms with van der Waals surface area (Å²) in [5.74, 6) is -0.129. The molecule has 10 nitrogen and oxygen atoms in total. The van der Waals surface area contributed by atoms with Crippen molar-refractivity contribution in [2.45, 2.75) is 30.8 Å². The molecule has 3 heterocycles. The lowest BCUT2D eigenvalue weighted by molar-refractivity contribution is 0.0602. The second-order valence-electron chi connectivity index (χ2n) is 12.6. The Balaban J connectivity index is 1.53. The maximum absolute atomic E-state index is 15.0. The fraction of sp³-hybridized carbons (Fsp3) is 0.195. The number of methoxy groups -OCH3 is 2. The van der Waals surface area contributed by atoms with Crippen LogP contribution in [-0.4, -0.2) is 61.5 Å². The summed E-state index contributed by atoms with van der Waals surface area (Å²) in [4.78, 5) is 35.4. The molecular weight excluding hydrogens is 677 g/mol. The fourth-order valence-electron chi connectivity index (χ4n) is 6.76. The van der Waals surface area contributed by atoms with Crippen LogP contribution < -0.4 is 9.64 Å². The first-order chi connectivity index (χ1) is 25.3. The van der Waals surface area contributed by atoms with Crippen LogP contribution in [0.5, 0.6) is 5.75 Å². The molecule has 0 atom stereocenters. The second-order valence-corrected chi connectivity index (χ2v) is 14.4. The van der Waals surface area contributed by atoms with Gasteiger partial charge < -0.3 is 19.3 Å². The molecular formula is C41H38N4O6S. The number of carbonyl (C=O) groups is 2. The Morgan fingerprint density at radius 1 is 0.788 bits per heavy atom. The minimum atomic E-state index is -4.35. The van der Waals surface area contributed by atoms with Gasteiger partial charge >= 0.3 is 5.97 Å². The average Bonchev–Trinajstić information content (AvgIpc) is 3.88. The lowest BCUT2D eigenvalue weighted by atomic mass is 10.1. The molecule has 0 saturated carbocycles. The number of nitrogens with zero attached hydrogens (tertiary/aromatic N) is 4. The van der Waals surface area contributed by atoms with E-state index in [9.17, 15) is 18.0 Å². The van der Waals surface area contributed by atoms with Crippen molar-refractivity contribution in [3.63, 3.8) is 0 Å². The number of amides is 1. The molecule has 0 bridgehead atoms. The number of hydrogen-bond donors (Lipinski definition) is 0. The molecule has 4 aromatic carbocycles. The molecule has 2 aromatic heterocycles. The maximum Gasteiger partial charge on any atom is 0.340 e. The van der Waals surface area contributed by atoms with E-state index in [1.165, 1.54) is 36.5 Å². The smallest absolute Gasteiger partial charge is 0.340 e. The fourth-order valence-corrected chi connectivity index (χ4v) is 8.30. The van der Waals surface area contributed by atoms with Gasteiger partial charge in [-0.1, -0.05) is 78.9 Å². The van der Waals surface area contributed by atoms with Crippen LogP contribution in [0.2, 0.25) is 0 Å². The Hall–Kier alpha value is -5.94. The first-order valence-electron chi connectivity index (χ1n) is 17.0. The van der Waals surface area contributed by atoms with Crippen LogP contribution in [-0.2, 0) is 27.8 Å². The number of likely N-dealkylation sites (tertiary alicyclic amines) is 1. The lowest BCUT2D eigenvalue weighted by Gasteiger charge is -2.26. The number of anilines is 1. The van der Waals surface area contributed by atoms with E-state index < -0.39 is 16.0 Å². The number of hydrogen-bond acceptors (Lipinski definition) is 8. The highest BCUT2D eigenvalue weighted by Gasteiger charge is 2.32. The van der Waals surface area contributed by atoms with Crippen molar-refractivity contribution in [3.8, 4) is 17.0 Å². The summed E-state index contributed by atoms with van der Waals surface area (Å²) in [5.41, 5.74) is 3.34. The minimum Gasteiger partial charge on any atom is -0.496 e. The number of benzene rings is 4. The summed E-state index contributed by atoms with van der Waals surface area (Å²) in [5, 5.41) is 0.330. The number of esters is 1. The summed E-state index contributed by atoms with van der Waals surface area (Å²) >= 11 is 0. The second kappa shape index (κ2) is 14.7. The molecule has 1 saturated heterocycles. The molecule has 1 aliphatic heterocycles. The van der Waals surface area contributed by atoms with E-state index in [0.29, 0.717) is 54.3 Å². The molecule has 52 heavy (non-hydrogen) atoms. The Morgan fingerprint density at radius 3 is 1.96 bits per heavy atom.